The van der Waals surface area contributed by atoms with Crippen molar-refractivity contribution in [2.45, 2.75) is 6.04 Å². The van der Waals surface area contributed by atoms with E-state index in [1.165, 1.54) is 7.11 Å². The van der Waals surface area contributed by atoms with Crippen LogP contribution in [0.3, 0.4) is 0 Å². The molecule has 0 aliphatic carbocycles. The predicted octanol–water partition coefficient (Wildman–Crippen LogP) is 3.83. The highest BCUT2D eigenvalue weighted by Crippen LogP contribution is 2.32. The van der Waals surface area contributed by atoms with E-state index < -0.39 is 17.7 Å². The average molecular weight is 333 g/mol. The Bertz CT molecular complexity index is 668. The van der Waals surface area contributed by atoms with Crippen LogP contribution in [-0.4, -0.2) is 7.11 Å². The van der Waals surface area contributed by atoms with Crippen LogP contribution in [-0.2, 0) is 0 Å². The molecule has 0 heterocycles. The van der Waals surface area contributed by atoms with Crippen LogP contribution in [0.2, 0.25) is 10.0 Å². The molecule has 0 aliphatic rings. The van der Waals surface area contributed by atoms with Crippen molar-refractivity contribution in [1.82, 2.24) is 5.43 Å². The molecule has 2 aromatic rings. The molecule has 1 unspecified atom stereocenters. The monoisotopic (exact) mass is 332 g/mol. The first-order chi connectivity index (χ1) is 9.97. The van der Waals surface area contributed by atoms with Gasteiger partial charge in [0, 0.05) is 5.56 Å². The second-order valence-corrected chi connectivity index (χ2v) is 5.10. The van der Waals surface area contributed by atoms with Gasteiger partial charge < -0.3 is 4.74 Å². The van der Waals surface area contributed by atoms with Gasteiger partial charge in [-0.05, 0) is 29.8 Å². The van der Waals surface area contributed by atoms with Gasteiger partial charge in [0.2, 0.25) is 0 Å². The Morgan fingerprint density at radius 2 is 1.81 bits per heavy atom. The van der Waals surface area contributed by atoms with Crippen LogP contribution < -0.4 is 16.0 Å². The molecule has 21 heavy (non-hydrogen) atoms. The summed E-state index contributed by atoms with van der Waals surface area (Å²) in [5.41, 5.74) is 3.04. The van der Waals surface area contributed by atoms with Crippen molar-refractivity contribution in [1.29, 1.82) is 0 Å². The first kappa shape index (κ1) is 16.0. The number of benzene rings is 2. The molecule has 2 rings (SSSR count). The topological polar surface area (TPSA) is 47.3 Å². The normalized spacial score (nSPS) is 12.3. The van der Waals surface area contributed by atoms with E-state index in [9.17, 15) is 8.78 Å². The fourth-order valence-electron chi connectivity index (χ4n) is 1.98. The van der Waals surface area contributed by atoms with Crippen molar-refractivity contribution in [3.8, 4) is 5.75 Å². The van der Waals surface area contributed by atoms with Gasteiger partial charge in [-0.1, -0.05) is 29.3 Å². The highest BCUT2D eigenvalue weighted by Gasteiger charge is 2.20. The van der Waals surface area contributed by atoms with Crippen molar-refractivity contribution >= 4 is 23.2 Å². The molecular weight excluding hydrogens is 321 g/mol. The lowest BCUT2D eigenvalue weighted by atomic mass is 9.98. The van der Waals surface area contributed by atoms with Crippen LogP contribution in [0.5, 0.6) is 5.75 Å². The van der Waals surface area contributed by atoms with Crippen molar-refractivity contribution in [3.05, 3.63) is 63.1 Å². The Balaban J connectivity index is 2.52. The summed E-state index contributed by atoms with van der Waals surface area (Å²) in [5, 5.41) is 0.112. The first-order valence-corrected chi connectivity index (χ1v) is 6.67. The van der Waals surface area contributed by atoms with E-state index in [2.05, 4.69) is 5.43 Å². The molecule has 7 heteroatoms. The molecule has 112 valence electrons. The Hall–Kier alpha value is -1.40. The molecule has 2 aromatic carbocycles. The maximum Gasteiger partial charge on any atom is 0.142 e. The molecule has 0 spiro atoms. The van der Waals surface area contributed by atoms with Crippen LogP contribution in [0.15, 0.2) is 30.3 Å². The maximum absolute atomic E-state index is 14.0. The Morgan fingerprint density at radius 3 is 2.43 bits per heavy atom. The highest BCUT2D eigenvalue weighted by molar-refractivity contribution is 6.32. The third-order valence-corrected chi connectivity index (χ3v) is 3.63. The van der Waals surface area contributed by atoms with E-state index in [0.29, 0.717) is 16.3 Å². The molecule has 0 amide bonds. The molecule has 3 nitrogen and oxygen atoms in total. The minimum Gasteiger partial charge on any atom is -0.495 e. The molecular formula is C14H12Cl2F2N2O. The lowest BCUT2D eigenvalue weighted by Crippen LogP contribution is -2.29. The molecule has 1 atom stereocenters. The largest absolute Gasteiger partial charge is 0.495 e. The first-order valence-electron chi connectivity index (χ1n) is 5.92. The minimum atomic E-state index is -0.775. The third-order valence-electron chi connectivity index (χ3n) is 3.03. The third kappa shape index (κ3) is 3.27. The van der Waals surface area contributed by atoms with Gasteiger partial charge in [-0.15, -0.1) is 0 Å². The van der Waals surface area contributed by atoms with Crippen LogP contribution >= 0.6 is 23.2 Å². The summed E-state index contributed by atoms with van der Waals surface area (Å²) in [6, 6.07) is 5.96. The van der Waals surface area contributed by atoms with Gasteiger partial charge >= 0.3 is 0 Å². The van der Waals surface area contributed by atoms with E-state index in [1.807, 2.05) is 0 Å². The second-order valence-electron chi connectivity index (χ2n) is 4.28. The van der Waals surface area contributed by atoms with E-state index in [4.69, 9.17) is 33.8 Å². The summed E-state index contributed by atoms with van der Waals surface area (Å²) in [6.45, 7) is 0. The predicted molar refractivity (Wildman–Crippen MR) is 78.5 cm³/mol. The summed E-state index contributed by atoms with van der Waals surface area (Å²) in [7, 11) is 1.46. The zero-order chi connectivity index (χ0) is 15.6. The molecule has 0 saturated carbocycles. The Kier molecular flexibility index (Phi) is 5.00. The molecule has 0 aromatic heterocycles. The van der Waals surface area contributed by atoms with Crippen LogP contribution in [0.25, 0.3) is 0 Å². The molecule has 0 radical (unpaired) electrons. The highest BCUT2D eigenvalue weighted by atomic mass is 35.5. The van der Waals surface area contributed by atoms with Crippen molar-refractivity contribution in [3.63, 3.8) is 0 Å². The number of ether oxygens (including phenoxy) is 1. The lowest BCUT2D eigenvalue weighted by Gasteiger charge is -2.19. The second kappa shape index (κ2) is 6.58. The average Bonchev–Trinajstić information content (AvgIpc) is 2.46. The van der Waals surface area contributed by atoms with Crippen LogP contribution in [0.4, 0.5) is 8.78 Å². The van der Waals surface area contributed by atoms with E-state index in [-0.39, 0.29) is 10.6 Å². The summed E-state index contributed by atoms with van der Waals surface area (Å²) in [4.78, 5) is 0. The number of hydrogen-bond acceptors (Lipinski definition) is 3. The number of nitrogens with two attached hydrogens (primary N) is 1. The van der Waals surface area contributed by atoms with Crippen molar-refractivity contribution in [2.75, 3.05) is 7.11 Å². The van der Waals surface area contributed by atoms with Gasteiger partial charge in [0.25, 0.3) is 0 Å². The lowest BCUT2D eigenvalue weighted by molar-refractivity contribution is 0.413. The number of hydrogen-bond donors (Lipinski definition) is 2. The fourth-order valence-corrected chi connectivity index (χ4v) is 2.33. The van der Waals surface area contributed by atoms with Crippen LogP contribution in [0.1, 0.15) is 17.2 Å². The summed E-state index contributed by atoms with van der Waals surface area (Å²) in [5.74, 6) is 4.49. The quantitative estimate of drug-likeness (QED) is 0.508. The van der Waals surface area contributed by atoms with E-state index in [1.54, 1.807) is 18.2 Å². The number of hydrazine groups is 1. The zero-order valence-electron chi connectivity index (χ0n) is 11.0. The minimum absolute atomic E-state index is 0.0313. The van der Waals surface area contributed by atoms with Gasteiger partial charge in [0.1, 0.15) is 17.4 Å². The number of halogens is 4. The maximum atomic E-state index is 14.0. The molecule has 0 aliphatic heterocycles. The number of rotatable bonds is 4. The molecule has 0 bridgehead atoms. The fraction of sp³-hybridized carbons (Fsp3) is 0.143. The zero-order valence-corrected chi connectivity index (χ0v) is 12.5. The van der Waals surface area contributed by atoms with Crippen molar-refractivity contribution in [2.24, 2.45) is 5.84 Å². The number of nitrogens with one attached hydrogen (secondary N) is 1. The van der Waals surface area contributed by atoms with E-state index >= 15 is 0 Å². The summed E-state index contributed by atoms with van der Waals surface area (Å²) < 4.78 is 32.7. The molecule has 3 N–H and O–H groups in total. The van der Waals surface area contributed by atoms with Gasteiger partial charge in [-0.25, -0.2) is 14.2 Å². The van der Waals surface area contributed by atoms with E-state index in [0.717, 1.165) is 12.1 Å². The van der Waals surface area contributed by atoms with Crippen LogP contribution in [0, 0.1) is 11.6 Å². The standard InChI is InChI=1S/C14H12Cl2F2N2O/c1-21-13-4-7(2-3-9(13)15)14(20-19)8-5-12(18)10(16)6-11(8)17/h2-6,14,20H,19H2,1H3. The van der Waals surface area contributed by atoms with Crippen molar-refractivity contribution < 1.29 is 13.5 Å². The Morgan fingerprint density at radius 1 is 1.10 bits per heavy atom. The Labute approximate surface area is 130 Å². The summed E-state index contributed by atoms with van der Waals surface area (Å²) in [6.07, 6.45) is 0. The van der Waals surface area contributed by atoms with Gasteiger partial charge in [0.15, 0.2) is 0 Å². The smallest absolute Gasteiger partial charge is 0.142 e. The number of methoxy groups -OCH3 is 1. The summed E-state index contributed by atoms with van der Waals surface area (Å²) >= 11 is 11.5. The van der Waals surface area contributed by atoms with Gasteiger partial charge in [0.05, 0.1) is 23.2 Å². The van der Waals surface area contributed by atoms with Gasteiger partial charge in [-0.2, -0.15) is 0 Å². The molecule has 0 saturated heterocycles. The van der Waals surface area contributed by atoms with Gasteiger partial charge in [-0.3, -0.25) is 5.84 Å². The molecule has 0 fully saturated rings. The SMILES string of the molecule is COc1cc(C(NN)c2cc(F)c(Cl)cc2F)ccc1Cl.